The minimum absolute atomic E-state index is 0.0306. The molecule has 180 valence electrons. The quantitative estimate of drug-likeness (QED) is 0.157. The number of benzene rings is 5. The van der Waals surface area contributed by atoms with E-state index in [4.69, 9.17) is 9.47 Å². The molecule has 37 heavy (non-hydrogen) atoms. The Morgan fingerprint density at radius 3 is 1.08 bits per heavy atom. The molecule has 0 heterocycles. The predicted octanol–water partition coefficient (Wildman–Crippen LogP) is 8.08. The van der Waals surface area contributed by atoms with E-state index >= 15 is 0 Å². The molecule has 0 radical (unpaired) electrons. The topological polar surface area (TPSA) is 52.6 Å². The summed E-state index contributed by atoms with van der Waals surface area (Å²) in [6.07, 6.45) is 1.63. The molecule has 0 bridgehead atoms. The highest BCUT2D eigenvalue weighted by Gasteiger charge is 2.17. The average molecular weight is 485 g/mol. The largest absolute Gasteiger partial charge is 0.457 e. The van der Waals surface area contributed by atoms with Gasteiger partial charge < -0.3 is 9.47 Å². The van der Waals surface area contributed by atoms with Gasteiger partial charge >= 0.3 is 0 Å². The lowest BCUT2D eigenvalue weighted by Crippen LogP contribution is -2.03. The van der Waals surface area contributed by atoms with Crippen LogP contribution in [0.1, 0.15) is 43.3 Å². The number of hydrogen-bond acceptors (Lipinski definition) is 4. The van der Waals surface area contributed by atoms with Crippen LogP contribution in [0, 0.1) is 0 Å². The second-order valence-electron chi connectivity index (χ2n) is 8.56. The first-order valence-electron chi connectivity index (χ1n) is 11.9. The van der Waals surface area contributed by atoms with Gasteiger partial charge in [0.25, 0.3) is 0 Å². The van der Waals surface area contributed by atoms with Gasteiger partial charge in [0.05, 0.1) is 0 Å². The fraction of sp³-hybridized carbons (Fsp3) is 0.0303. The standard InChI is InChI=1S/C33H24O4/c34-22-24-6-14-29(15-7-24)36-31-18-10-27(11-19-31)33(26-4-2-1-3-5-26)28-12-20-32(21-13-28)37-30-16-8-25(23-35)9-17-30/h1-23,33H. The Balaban J connectivity index is 1.38. The Bertz CT molecular complexity index is 1360. The molecule has 0 aromatic heterocycles. The van der Waals surface area contributed by atoms with Gasteiger partial charge in [0, 0.05) is 17.0 Å². The second-order valence-corrected chi connectivity index (χ2v) is 8.56. The summed E-state index contributed by atoms with van der Waals surface area (Å²) in [5, 5.41) is 0. The van der Waals surface area contributed by atoms with Gasteiger partial charge in [-0.25, -0.2) is 0 Å². The van der Waals surface area contributed by atoms with E-state index in [9.17, 15) is 9.59 Å². The molecule has 5 aromatic rings. The molecule has 4 nitrogen and oxygen atoms in total. The second kappa shape index (κ2) is 11.2. The zero-order valence-corrected chi connectivity index (χ0v) is 20.0. The summed E-state index contributed by atoms with van der Waals surface area (Å²) in [5.41, 5.74) is 4.67. The first kappa shape index (κ1) is 23.8. The lowest BCUT2D eigenvalue weighted by atomic mass is 9.85. The molecule has 0 spiro atoms. The van der Waals surface area contributed by atoms with Crippen LogP contribution in [0.4, 0.5) is 0 Å². The molecule has 0 aliphatic carbocycles. The van der Waals surface area contributed by atoms with E-state index in [1.54, 1.807) is 48.5 Å². The molecule has 5 aromatic carbocycles. The minimum Gasteiger partial charge on any atom is -0.457 e. The number of hydrogen-bond donors (Lipinski definition) is 0. The number of aldehydes is 2. The molecule has 0 unspecified atom stereocenters. The maximum absolute atomic E-state index is 10.9. The molecule has 0 saturated carbocycles. The summed E-state index contributed by atoms with van der Waals surface area (Å²) in [6.45, 7) is 0. The van der Waals surface area contributed by atoms with E-state index in [1.165, 1.54) is 5.56 Å². The summed E-state index contributed by atoms with van der Waals surface area (Å²) < 4.78 is 11.9. The van der Waals surface area contributed by atoms with Crippen LogP contribution < -0.4 is 9.47 Å². The first-order chi connectivity index (χ1) is 18.2. The highest BCUT2D eigenvalue weighted by atomic mass is 16.5. The van der Waals surface area contributed by atoms with Crippen molar-refractivity contribution in [3.8, 4) is 23.0 Å². The van der Waals surface area contributed by atoms with E-state index in [1.807, 2.05) is 42.5 Å². The van der Waals surface area contributed by atoms with Crippen molar-refractivity contribution in [2.75, 3.05) is 0 Å². The Kier molecular flexibility index (Phi) is 7.19. The van der Waals surface area contributed by atoms with Crippen molar-refractivity contribution < 1.29 is 19.1 Å². The van der Waals surface area contributed by atoms with Crippen molar-refractivity contribution in [3.63, 3.8) is 0 Å². The predicted molar refractivity (Wildman–Crippen MR) is 144 cm³/mol. The van der Waals surface area contributed by atoms with Crippen molar-refractivity contribution in [2.45, 2.75) is 5.92 Å². The highest BCUT2D eigenvalue weighted by molar-refractivity contribution is 5.75. The zero-order valence-electron chi connectivity index (χ0n) is 20.0. The van der Waals surface area contributed by atoms with Gasteiger partial charge in [0.1, 0.15) is 35.6 Å². The third-order valence-corrected chi connectivity index (χ3v) is 6.06. The average Bonchev–Trinajstić information content (AvgIpc) is 2.96. The fourth-order valence-corrected chi connectivity index (χ4v) is 4.18. The summed E-state index contributed by atoms with van der Waals surface area (Å²) in [4.78, 5) is 21.8. The molecule has 0 saturated heterocycles. The smallest absolute Gasteiger partial charge is 0.150 e. The number of carbonyl (C=O) groups is 2. The number of carbonyl (C=O) groups excluding carboxylic acids is 2. The molecule has 0 atom stereocenters. The molecular weight excluding hydrogens is 460 g/mol. The van der Waals surface area contributed by atoms with Gasteiger partial charge in [-0.3, -0.25) is 9.59 Å². The Labute approximate surface area is 215 Å². The van der Waals surface area contributed by atoms with Crippen LogP contribution in [0.2, 0.25) is 0 Å². The number of rotatable bonds is 9. The van der Waals surface area contributed by atoms with Crippen molar-refractivity contribution in [1.82, 2.24) is 0 Å². The maximum atomic E-state index is 10.9. The van der Waals surface area contributed by atoms with Crippen LogP contribution in [0.25, 0.3) is 0 Å². The van der Waals surface area contributed by atoms with E-state index < -0.39 is 0 Å². The monoisotopic (exact) mass is 484 g/mol. The summed E-state index contributed by atoms with van der Waals surface area (Å²) >= 11 is 0. The molecule has 0 amide bonds. The molecule has 0 N–H and O–H groups in total. The summed E-state index contributed by atoms with van der Waals surface area (Å²) in [7, 11) is 0. The molecular formula is C33H24O4. The summed E-state index contributed by atoms with van der Waals surface area (Å²) in [5.74, 6) is 2.82. The summed E-state index contributed by atoms with van der Waals surface area (Å²) in [6, 6.07) is 40.5. The lowest BCUT2D eigenvalue weighted by molar-refractivity contribution is 0.111. The zero-order chi connectivity index (χ0) is 25.5. The van der Waals surface area contributed by atoms with Crippen LogP contribution in [0.3, 0.4) is 0 Å². The van der Waals surface area contributed by atoms with E-state index in [2.05, 4.69) is 36.4 Å². The number of ether oxygens (including phenoxy) is 2. The fourth-order valence-electron chi connectivity index (χ4n) is 4.18. The van der Waals surface area contributed by atoms with Crippen LogP contribution in [0.15, 0.2) is 127 Å². The Morgan fingerprint density at radius 2 is 0.730 bits per heavy atom. The molecule has 0 fully saturated rings. The highest BCUT2D eigenvalue weighted by Crippen LogP contribution is 2.35. The van der Waals surface area contributed by atoms with E-state index in [0.717, 1.165) is 35.2 Å². The van der Waals surface area contributed by atoms with Crippen molar-refractivity contribution in [1.29, 1.82) is 0 Å². The van der Waals surface area contributed by atoms with Crippen molar-refractivity contribution in [2.24, 2.45) is 0 Å². The van der Waals surface area contributed by atoms with Gasteiger partial charge in [-0.15, -0.1) is 0 Å². The van der Waals surface area contributed by atoms with Gasteiger partial charge in [0.2, 0.25) is 0 Å². The van der Waals surface area contributed by atoms with Crippen LogP contribution >= 0.6 is 0 Å². The van der Waals surface area contributed by atoms with E-state index in [0.29, 0.717) is 22.6 Å². The van der Waals surface area contributed by atoms with Crippen molar-refractivity contribution >= 4 is 12.6 Å². The van der Waals surface area contributed by atoms with Gasteiger partial charge in [-0.05, 0) is 89.5 Å². The Morgan fingerprint density at radius 1 is 0.405 bits per heavy atom. The van der Waals surface area contributed by atoms with Gasteiger partial charge in [0.15, 0.2) is 0 Å². The molecule has 0 aliphatic heterocycles. The SMILES string of the molecule is O=Cc1ccc(Oc2ccc(C(c3ccccc3)c3ccc(Oc4ccc(C=O)cc4)cc3)cc2)cc1. The normalized spacial score (nSPS) is 10.6. The Hall–Kier alpha value is -4.96. The van der Waals surface area contributed by atoms with Gasteiger partial charge in [-0.1, -0.05) is 54.6 Å². The third kappa shape index (κ3) is 5.82. The van der Waals surface area contributed by atoms with E-state index in [-0.39, 0.29) is 5.92 Å². The van der Waals surface area contributed by atoms with Crippen LogP contribution in [-0.2, 0) is 0 Å². The molecule has 0 aliphatic rings. The van der Waals surface area contributed by atoms with Crippen LogP contribution in [-0.4, -0.2) is 12.6 Å². The van der Waals surface area contributed by atoms with Crippen LogP contribution in [0.5, 0.6) is 23.0 Å². The molecule has 5 rings (SSSR count). The maximum Gasteiger partial charge on any atom is 0.150 e. The molecule has 4 heteroatoms. The van der Waals surface area contributed by atoms with Crippen molar-refractivity contribution in [3.05, 3.63) is 155 Å². The first-order valence-corrected chi connectivity index (χ1v) is 11.9. The van der Waals surface area contributed by atoms with Gasteiger partial charge in [-0.2, -0.15) is 0 Å². The third-order valence-electron chi connectivity index (χ3n) is 6.06. The lowest BCUT2D eigenvalue weighted by Gasteiger charge is -2.20. The minimum atomic E-state index is 0.0306.